The largest absolute Gasteiger partial charge is 0.383 e. The summed E-state index contributed by atoms with van der Waals surface area (Å²) in [6, 6.07) is 0.813. The number of ether oxygens (including phenoxy) is 1. The second kappa shape index (κ2) is 2.46. The summed E-state index contributed by atoms with van der Waals surface area (Å²) in [5.41, 5.74) is 0.466. The molecule has 0 amide bonds. The lowest BCUT2D eigenvalue weighted by Crippen LogP contribution is -2.63. The smallest absolute Gasteiger partial charge is 0.0647 e. The van der Waals surface area contributed by atoms with E-state index in [4.69, 9.17) is 4.74 Å². The van der Waals surface area contributed by atoms with Crippen molar-refractivity contribution in [3.05, 3.63) is 0 Å². The van der Waals surface area contributed by atoms with Gasteiger partial charge in [0.05, 0.1) is 6.61 Å². The second-order valence-electron chi connectivity index (χ2n) is 4.01. The Labute approximate surface area is 68.5 Å². The first-order valence-electron chi connectivity index (χ1n) is 4.54. The molecule has 2 heterocycles. The van der Waals surface area contributed by atoms with E-state index in [1.165, 1.54) is 25.8 Å². The summed E-state index contributed by atoms with van der Waals surface area (Å²) in [7, 11) is 1.81. The van der Waals surface area contributed by atoms with Crippen LogP contribution in [0.15, 0.2) is 0 Å². The number of rotatable bonds is 2. The van der Waals surface area contributed by atoms with Gasteiger partial charge in [-0.3, -0.25) is 4.90 Å². The Hall–Kier alpha value is -0.0800. The quantitative estimate of drug-likeness (QED) is 0.595. The van der Waals surface area contributed by atoms with Crippen LogP contribution in [0.25, 0.3) is 0 Å². The minimum Gasteiger partial charge on any atom is -0.383 e. The van der Waals surface area contributed by atoms with Crippen LogP contribution in [0.2, 0.25) is 0 Å². The van der Waals surface area contributed by atoms with Crippen molar-refractivity contribution in [2.75, 3.05) is 20.3 Å². The zero-order valence-corrected chi connectivity index (χ0v) is 7.47. The van der Waals surface area contributed by atoms with Gasteiger partial charge in [-0.25, -0.2) is 0 Å². The first-order valence-corrected chi connectivity index (χ1v) is 4.54. The lowest BCUT2D eigenvalue weighted by molar-refractivity contribution is -0.0741. The fourth-order valence-corrected chi connectivity index (χ4v) is 2.90. The van der Waals surface area contributed by atoms with Gasteiger partial charge in [0.25, 0.3) is 0 Å². The first kappa shape index (κ1) is 7.56. The van der Waals surface area contributed by atoms with Gasteiger partial charge in [-0.05, 0) is 32.7 Å². The molecule has 2 nitrogen and oxygen atoms in total. The Morgan fingerprint density at radius 2 is 2.45 bits per heavy atom. The lowest BCUT2D eigenvalue weighted by Gasteiger charge is -2.53. The zero-order chi connectivity index (χ0) is 7.90. The van der Waals surface area contributed by atoms with E-state index in [0.29, 0.717) is 5.54 Å². The summed E-state index contributed by atoms with van der Waals surface area (Å²) in [5.74, 6) is 0. The summed E-state index contributed by atoms with van der Waals surface area (Å²) in [5, 5.41) is 0. The Balaban J connectivity index is 2.03. The van der Waals surface area contributed by atoms with Crippen LogP contribution < -0.4 is 0 Å². The second-order valence-corrected chi connectivity index (χ2v) is 4.01. The fraction of sp³-hybridized carbons (Fsp3) is 1.00. The van der Waals surface area contributed by atoms with Crippen molar-refractivity contribution < 1.29 is 4.74 Å². The van der Waals surface area contributed by atoms with Crippen molar-refractivity contribution in [1.82, 2.24) is 4.90 Å². The number of fused-ring (bicyclic) bond motifs is 1. The molecule has 2 fully saturated rings. The normalized spacial score (nSPS) is 43.6. The molecule has 0 radical (unpaired) electrons. The van der Waals surface area contributed by atoms with Crippen LogP contribution in [-0.4, -0.2) is 36.7 Å². The van der Waals surface area contributed by atoms with E-state index < -0.39 is 0 Å². The van der Waals surface area contributed by atoms with E-state index in [0.717, 1.165) is 12.6 Å². The molecule has 0 bridgehead atoms. The molecule has 0 aromatic heterocycles. The van der Waals surface area contributed by atoms with Crippen LogP contribution in [0.4, 0.5) is 0 Å². The third-order valence-corrected chi connectivity index (χ3v) is 3.27. The van der Waals surface area contributed by atoms with Crippen LogP contribution in [0.3, 0.4) is 0 Å². The van der Waals surface area contributed by atoms with E-state index in [9.17, 15) is 0 Å². The Morgan fingerprint density at radius 1 is 1.64 bits per heavy atom. The third-order valence-electron chi connectivity index (χ3n) is 3.27. The summed E-state index contributed by atoms with van der Waals surface area (Å²) >= 11 is 0. The van der Waals surface area contributed by atoms with Gasteiger partial charge in [-0.2, -0.15) is 0 Å². The van der Waals surface area contributed by atoms with E-state index >= 15 is 0 Å². The predicted octanol–water partition coefficient (Wildman–Crippen LogP) is 1.26. The first-order chi connectivity index (χ1) is 5.28. The van der Waals surface area contributed by atoms with Crippen LogP contribution >= 0.6 is 0 Å². The standard InChI is InChI=1S/C9H17NO/c1-8-6-9(7-11-2)4-3-5-10(8)9/h8H,3-7H2,1-2H3/t8-,9-/m0/s1. The van der Waals surface area contributed by atoms with Gasteiger partial charge >= 0.3 is 0 Å². The summed E-state index contributed by atoms with van der Waals surface area (Å²) < 4.78 is 5.26. The molecule has 0 aromatic rings. The van der Waals surface area contributed by atoms with Gasteiger partial charge in [-0.1, -0.05) is 0 Å². The van der Waals surface area contributed by atoms with Gasteiger partial charge in [0.2, 0.25) is 0 Å². The number of nitrogens with zero attached hydrogens (tertiary/aromatic N) is 1. The monoisotopic (exact) mass is 155 g/mol. The average Bonchev–Trinajstić information content (AvgIpc) is 2.27. The van der Waals surface area contributed by atoms with Crippen LogP contribution in [-0.2, 0) is 4.74 Å². The molecule has 2 rings (SSSR count). The number of methoxy groups -OCH3 is 1. The van der Waals surface area contributed by atoms with Crippen molar-refractivity contribution in [2.24, 2.45) is 0 Å². The van der Waals surface area contributed by atoms with E-state index in [2.05, 4.69) is 11.8 Å². The molecule has 2 aliphatic heterocycles. The van der Waals surface area contributed by atoms with Crippen molar-refractivity contribution >= 4 is 0 Å². The van der Waals surface area contributed by atoms with Crippen LogP contribution in [0.5, 0.6) is 0 Å². The van der Waals surface area contributed by atoms with Crippen molar-refractivity contribution in [1.29, 1.82) is 0 Å². The van der Waals surface area contributed by atoms with Crippen molar-refractivity contribution in [3.63, 3.8) is 0 Å². The predicted molar refractivity (Wildman–Crippen MR) is 44.6 cm³/mol. The molecular formula is C9H17NO. The zero-order valence-electron chi connectivity index (χ0n) is 7.47. The molecular weight excluding hydrogens is 138 g/mol. The topological polar surface area (TPSA) is 12.5 Å². The highest BCUT2D eigenvalue weighted by atomic mass is 16.5. The minimum absolute atomic E-state index is 0.466. The van der Waals surface area contributed by atoms with E-state index in [1.807, 2.05) is 7.11 Å². The molecule has 2 heteroatoms. The highest BCUT2D eigenvalue weighted by molar-refractivity contribution is 5.07. The van der Waals surface area contributed by atoms with Crippen molar-refractivity contribution in [2.45, 2.75) is 37.8 Å². The maximum atomic E-state index is 5.26. The molecule has 2 saturated heterocycles. The summed E-state index contributed by atoms with van der Waals surface area (Å²) in [6.45, 7) is 4.56. The summed E-state index contributed by atoms with van der Waals surface area (Å²) in [4.78, 5) is 2.61. The van der Waals surface area contributed by atoms with Gasteiger partial charge in [-0.15, -0.1) is 0 Å². The minimum atomic E-state index is 0.466. The molecule has 64 valence electrons. The van der Waals surface area contributed by atoms with Gasteiger partial charge in [0.15, 0.2) is 0 Å². The van der Waals surface area contributed by atoms with Gasteiger partial charge in [0.1, 0.15) is 0 Å². The molecule has 0 aliphatic carbocycles. The highest BCUT2D eigenvalue weighted by Gasteiger charge is 2.52. The molecule has 0 N–H and O–H groups in total. The maximum Gasteiger partial charge on any atom is 0.0647 e. The van der Waals surface area contributed by atoms with Crippen LogP contribution in [0.1, 0.15) is 26.2 Å². The number of hydrogen-bond acceptors (Lipinski definition) is 2. The molecule has 2 atom stereocenters. The maximum absolute atomic E-state index is 5.26. The van der Waals surface area contributed by atoms with E-state index in [1.54, 1.807) is 0 Å². The third kappa shape index (κ3) is 0.926. The Bertz CT molecular complexity index is 156. The SMILES string of the molecule is COC[C@@]12CCCN1[C@@H](C)C2. The molecule has 0 unspecified atom stereocenters. The Kier molecular flexibility index (Phi) is 1.69. The summed E-state index contributed by atoms with van der Waals surface area (Å²) in [6.07, 6.45) is 4.07. The van der Waals surface area contributed by atoms with Gasteiger partial charge in [0, 0.05) is 18.7 Å². The Morgan fingerprint density at radius 3 is 3.09 bits per heavy atom. The number of hydrogen-bond donors (Lipinski definition) is 0. The molecule has 0 aromatic carbocycles. The molecule has 11 heavy (non-hydrogen) atoms. The van der Waals surface area contributed by atoms with Crippen LogP contribution in [0, 0.1) is 0 Å². The van der Waals surface area contributed by atoms with Gasteiger partial charge < -0.3 is 4.74 Å². The highest BCUT2D eigenvalue weighted by Crippen LogP contribution is 2.44. The van der Waals surface area contributed by atoms with Crippen molar-refractivity contribution in [3.8, 4) is 0 Å². The van der Waals surface area contributed by atoms with E-state index in [-0.39, 0.29) is 0 Å². The molecule has 0 spiro atoms. The molecule has 0 saturated carbocycles. The fourth-order valence-electron chi connectivity index (χ4n) is 2.90. The molecule has 2 aliphatic rings. The lowest BCUT2D eigenvalue weighted by atomic mass is 9.80. The average molecular weight is 155 g/mol.